The number of allylic oxidation sites excluding steroid dienone is 2. The van der Waals surface area contributed by atoms with Gasteiger partial charge in [0.15, 0.2) is 23.1 Å². The van der Waals surface area contributed by atoms with Gasteiger partial charge in [0, 0.05) is 26.5 Å². The van der Waals surface area contributed by atoms with Gasteiger partial charge >= 0.3 is 0 Å². The van der Waals surface area contributed by atoms with Crippen molar-refractivity contribution in [2.45, 2.75) is 24.9 Å². The zero-order valence-electron chi connectivity index (χ0n) is 24.1. The lowest BCUT2D eigenvalue weighted by molar-refractivity contribution is 0.0790. The second-order valence-electron chi connectivity index (χ2n) is 11.2. The van der Waals surface area contributed by atoms with Crippen molar-refractivity contribution in [2.75, 3.05) is 7.11 Å². The van der Waals surface area contributed by atoms with E-state index >= 15 is 0 Å². The highest BCUT2D eigenvalue weighted by molar-refractivity contribution is 9.10. The number of phenolic OH excluding ortho intramolecular Hbond substituents is 3. The first kappa shape index (κ1) is 30.4. The van der Waals surface area contributed by atoms with Crippen LogP contribution < -0.4 is 5.56 Å². The lowest BCUT2D eigenvalue weighted by atomic mass is 9.76. The molecule has 12 nitrogen and oxygen atoms in total. The molecule has 0 radical (unpaired) electrons. The first-order valence-electron chi connectivity index (χ1n) is 14.0. The summed E-state index contributed by atoms with van der Waals surface area (Å²) < 4.78 is 5.25. The Morgan fingerprint density at radius 2 is 1.70 bits per heavy atom. The summed E-state index contributed by atoms with van der Waals surface area (Å²) in [4.78, 5) is 75.5. The highest BCUT2D eigenvalue weighted by Crippen LogP contribution is 2.58. The van der Waals surface area contributed by atoms with Crippen molar-refractivity contribution in [3.05, 3.63) is 107 Å². The Morgan fingerprint density at radius 1 is 1.00 bits per heavy atom. The molecule has 7 rings (SSSR count). The number of carbonyl (C=O) groups excluding carboxylic acids is 4. The fourth-order valence-electron chi connectivity index (χ4n) is 6.70. The van der Waals surface area contributed by atoms with E-state index in [1.54, 1.807) is 24.3 Å². The summed E-state index contributed by atoms with van der Waals surface area (Å²) in [7, 11) is 1.13. The average molecular weight is 720 g/mol. The molecule has 3 aromatic carbocycles. The quantitative estimate of drug-likeness (QED) is 0.0966. The number of nitrogens with zero attached hydrogens (tertiary/aromatic N) is 1. The SMILES string of the molecule is COC1=CC(=O)c2c(O)c3c(c(O)c2C1=O)C(=O)[C@]1(CCc2c1c(O)c1c(=O)[nH]c(/C=N/OCc4cccc(Cl)c4)cc1c2Br)C3=O. The summed E-state index contributed by atoms with van der Waals surface area (Å²) in [5.41, 5.74) is -4.40. The second kappa shape index (κ2) is 10.6. The predicted molar refractivity (Wildman–Crippen MR) is 170 cm³/mol. The molecule has 14 heteroatoms. The smallest absolute Gasteiger partial charge is 0.260 e. The fraction of sp³-hybridized carbons (Fsp3) is 0.152. The van der Waals surface area contributed by atoms with Gasteiger partial charge in [-0.2, -0.15) is 0 Å². The predicted octanol–water partition coefficient (Wildman–Crippen LogP) is 4.78. The number of methoxy groups -OCH3 is 1. The van der Waals surface area contributed by atoms with Crippen LogP contribution in [0.25, 0.3) is 10.8 Å². The Hall–Kier alpha value is -5.27. The van der Waals surface area contributed by atoms with Gasteiger partial charge in [-0.1, -0.05) is 28.9 Å². The molecule has 1 heterocycles. The third kappa shape index (κ3) is 4.12. The molecule has 0 saturated carbocycles. The maximum Gasteiger partial charge on any atom is 0.260 e. The maximum atomic E-state index is 14.2. The van der Waals surface area contributed by atoms with Gasteiger partial charge in [0.25, 0.3) is 5.56 Å². The van der Waals surface area contributed by atoms with E-state index in [1.165, 1.54) is 12.3 Å². The lowest BCUT2D eigenvalue weighted by Gasteiger charge is -2.23. The molecule has 0 amide bonds. The van der Waals surface area contributed by atoms with E-state index in [9.17, 15) is 39.3 Å². The number of oxime groups is 1. The van der Waals surface area contributed by atoms with Gasteiger partial charge in [-0.3, -0.25) is 24.0 Å². The first-order chi connectivity index (χ1) is 22.4. The van der Waals surface area contributed by atoms with Gasteiger partial charge in [-0.15, -0.1) is 0 Å². The standard InChI is InChI=1S/C33H20BrClN2O10/c1-46-18-9-17(38)20-21(26(18)39)28(41)23-22(27(20)40)30(43)33(31(23)44)6-5-15-24(33)29(42)19-16(25(15)34)8-14(37-32(19)45)10-36-47-11-12-3-2-4-13(35)7-12/h2-4,7-10,40-42H,5-6,11H2,1H3,(H,37,45)/b36-10+/t33-/m0/s1. The van der Waals surface area contributed by atoms with Crippen molar-refractivity contribution in [2.24, 2.45) is 5.16 Å². The summed E-state index contributed by atoms with van der Waals surface area (Å²) in [6, 6.07) is 8.52. The maximum absolute atomic E-state index is 14.2. The van der Waals surface area contributed by atoms with Crippen LogP contribution in [0.3, 0.4) is 0 Å². The molecule has 3 aliphatic carbocycles. The molecule has 0 unspecified atom stereocenters. The number of aromatic hydroxyl groups is 3. The van der Waals surface area contributed by atoms with E-state index in [0.717, 1.165) is 18.7 Å². The van der Waals surface area contributed by atoms with E-state index in [0.29, 0.717) is 15.1 Å². The molecule has 0 aliphatic heterocycles. The highest BCUT2D eigenvalue weighted by atomic mass is 79.9. The van der Waals surface area contributed by atoms with Crippen molar-refractivity contribution in [3.8, 4) is 17.2 Å². The number of ketones is 4. The number of fused-ring (bicyclic) bond motifs is 5. The van der Waals surface area contributed by atoms with Gasteiger partial charge in [-0.25, -0.2) is 0 Å². The third-order valence-electron chi connectivity index (χ3n) is 8.75. The molecule has 4 aromatic rings. The molecule has 0 fully saturated rings. The molecule has 47 heavy (non-hydrogen) atoms. The Kier molecular flexibility index (Phi) is 6.88. The zero-order valence-corrected chi connectivity index (χ0v) is 26.4. The number of hydrogen-bond donors (Lipinski definition) is 4. The van der Waals surface area contributed by atoms with Crippen molar-refractivity contribution >= 4 is 67.7 Å². The summed E-state index contributed by atoms with van der Waals surface area (Å²) in [5.74, 6) is -6.87. The van der Waals surface area contributed by atoms with Gasteiger partial charge in [0.1, 0.15) is 29.3 Å². The summed E-state index contributed by atoms with van der Waals surface area (Å²) >= 11 is 9.48. The zero-order chi connectivity index (χ0) is 33.5. The number of pyridine rings is 1. The van der Waals surface area contributed by atoms with Crippen LogP contribution in [-0.4, -0.2) is 56.8 Å². The van der Waals surface area contributed by atoms with Crippen LogP contribution in [0.15, 0.2) is 56.6 Å². The Balaban J connectivity index is 1.33. The van der Waals surface area contributed by atoms with Crippen molar-refractivity contribution in [3.63, 3.8) is 0 Å². The number of nitrogens with one attached hydrogen (secondary N) is 1. The van der Waals surface area contributed by atoms with E-state index in [-0.39, 0.29) is 41.5 Å². The Morgan fingerprint density at radius 3 is 2.38 bits per heavy atom. The monoisotopic (exact) mass is 718 g/mol. The molecule has 1 spiro atoms. The molecule has 1 aromatic heterocycles. The number of hydrogen-bond acceptors (Lipinski definition) is 11. The van der Waals surface area contributed by atoms with Crippen LogP contribution in [0.5, 0.6) is 17.2 Å². The Labute approximate surface area is 277 Å². The number of Topliss-reactive ketones (excluding diaryl/α,β-unsaturated/α-hetero) is 3. The molecule has 4 N–H and O–H groups in total. The third-order valence-corrected chi connectivity index (χ3v) is 9.89. The average Bonchev–Trinajstić information content (AvgIpc) is 3.55. The summed E-state index contributed by atoms with van der Waals surface area (Å²) in [6.07, 6.45) is 1.94. The van der Waals surface area contributed by atoms with Gasteiger partial charge in [-0.05, 0) is 58.1 Å². The number of carbonyl (C=O) groups is 4. The molecule has 1 atom stereocenters. The summed E-state index contributed by atoms with van der Waals surface area (Å²) in [6.45, 7) is 0.111. The highest BCUT2D eigenvalue weighted by Gasteiger charge is 2.62. The van der Waals surface area contributed by atoms with Crippen LogP contribution in [-0.2, 0) is 28.0 Å². The van der Waals surface area contributed by atoms with Crippen LogP contribution in [0.2, 0.25) is 5.02 Å². The largest absolute Gasteiger partial charge is 0.507 e. The van der Waals surface area contributed by atoms with Crippen molar-refractivity contribution in [1.82, 2.24) is 4.98 Å². The van der Waals surface area contributed by atoms with E-state index in [1.807, 2.05) is 0 Å². The number of aromatic amines is 1. The molecular formula is C33H20BrClN2O10. The second-order valence-corrected chi connectivity index (χ2v) is 12.4. The minimum Gasteiger partial charge on any atom is -0.507 e. The first-order valence-corrected chi connectivity index (χ1v) is 15.2. The summed E-state index contributed by atoms with van der Waals surface area (Å²) in [5, 5.41) is 38.4. The van der Waals surface area contributed by atoms with Gasteiger partial charge < -0.3 is 29.9 Å². The fourth-order valence-corrected chi connectivity index (χ4v) is 7.63. The van der Waals surface area contributed by atoms with Crippen LogP contribution in [0.4, 0.5) is 0 Å². The molecule has 0 bridgehead atoms. The molecular weight excluding hydrogens is 700 g/mol. The van der Waals surface area contributed by atoms with Crippen LogP contribution in [0.1, 0.15) is 70.2 Å². The minimum absolute atomic E-state index is 0.0678. The number of benzene rings is 3. The lowest BCUT2D eigenvalue weighted by Crippen LogP contribution is -2.36. The van der Waals surface area contributed by atoms with Gasteiger partial charge in [0.2, 0.25) is 5.78 Å². The normalized spacial score (nSPS) is 18.2. The minimum atomic E-state index is -2.16. The number of halogens is 2. The number of phenols is 3. The van der Waals surface area contributed by atoms with E-state index in [4.69, 9.17) is 21.2 Å². The number of rotatable bonds is 5. The molecule has 3 aliphatic rings. The van der Waals surface area contributed by atoms with E-state index in [2.05, 4.69) is 26.1 Å². The van der Waals surface area contributed by atoms with E-state index < -0.39 is 79.4 Å². The Bertz CT molecular complexity index is 2310. The van der Waals surface area contributed by atoms with Crippen LogP contribution >= 0.6 is 27.5 Å². The number of H-pyrrole nitrogens is 1. The molecule has 236 valence electrons. The van der Waals surface area contributed by atoms with Crippen LogP contribution in [0, 0.1) is 0 Å². The number of ether oxygens (including phenoxy) is 1. The van der Waals surface area contributed by atoms with Gasteiger partial charge in [0.05, 0.1) is 46.7 Å². The number of aromatic nitrogens is 1. The topological polar surface area (TPSA) is 193 Å². The van der Waals surface area contributed by atoms with Crippen molar-refractivity contribution < 1.29 is 44.1 Å². The molecule has 0 saturated heterocycles. The van der Waals surface area contributed by atoms with Crippen molar-refractivity contribution in [1.29, 1.82) is 0 Å².